The molecule has 0 heterocycles. The van der Waals surface area contributed by atoms with E-state index in [0.29, 0.717) is 6.04 Å². The maximum atomic E-state index is 2.71. The SMILES string of the molecule is c1ccc(C[C@@H](CP(c2ccccc2)c2ccccc2)N(Cc2ccccc2)Cc2ccccc2)cc1. The van der Waals surface area contributed by atoms with Crippen molar-refractivity contribution < 1.29 is 0 Å². The van der Waals surface area contributed by atoms with Gasteiger partial charge in [0.1, 0.15) is 0 Å². The lowest BCUT2D eigenvalue weighted by Crippen LogP contribution is -2.40. The Morgan fingerprint density at radius 2 is 0.784 bits per heavy atom. The van der Waals surface area contributed by atoms with Gasteiger partial charge >= 0.3 is 0 Å². The van der Waals surface area contributed by atoms with Crippen molar-refractivity contribution in [1.82, 2.24) is 4.90 Å². The summed E-state index contributed by atoms with van der Waals surface area (Å²) in [5, 5.41) is 2.89. The monoisotopic (exact) mass is 499 g/mol. The second-order valence-corrected chi connectivity index (χ2v) is 11.8. The molecule has 0 amide bonds. The van der Waals surface area contributed by atoms with Gasteiger partial charge in [0.25, 0.3) is 0 Å². The van der Waals surface area contributed by atoms with Crippen LogP contribution in [0.4, 0.5) is 0 Å². The minimum atomic E-state index is -0.510. The summed E-state index contributed by atoms with van der Waals surface area (Å²) in [4.78, 5) is 2.71. The molecule has 0 fully saturated rings. The predicted octanol–water partition coefficient (Wildman–Crippen LogP) is 7.43. The quantitative estimate of drug-likeness (QED) is 0.171. The van der Waals surface area contributed by atoms with Crippen molar-refractivity contribution >= 4 is 18.5 Å². The van der Waals surface area contributed by atoms with E-state index in [1.165, 1.54) is 27.3 Å². The third-order valence-electron chi connectivity index (χ3n) is 6.82. The van der Waals surface area contributed by atoms with Crippen LogP contribution in [0.2, 0.25) is 0 Å². The van der Waals surface area contributed by atoms with Gasteiger partial charge in [0.2, 0.25) is 0 Å². The van der Waals surface area contributed by atoms with E-state index >= 15 is 0 Å². The standard InChI is InChI=1S/C35H34NP/c1-6-16-30(17-7-1)26-33(29-37(34-22-12-4-13-23-34)35-24-14-5-15-25-35)36(27-31-18-8-2-9-19-31)28-32-20-10-3-11-21-32/h1-25,33H,26-29H2/t33-/m0/s1. The minimum Gasteiger partial charge on any atom is -0.291 e. The van der Waals surface area contributed by atoms with E-state index in [9.17, 15) is 0 Å². The number of nitrogens with zero attached hydrogens (tertiary/aromatic N) is 1. The van der Waals surface area contributed by atoms with Crippen LogP contribution in [0.15, 0.2) is 152 Å². The highest BCUT2D eigenvalue weighted by molar-refractivity contribution is 7.73. The normalized spacial score (nSPS) is 12.1. The van der Waals surface area contributed by atoms with E-state index in [-0.39, 0.29) is 0 Å². The summed E-state index contributed by atoms with van der Waals surface area (Å²) in [5.41, 5.74) is 4.12. The van der Waals surface area contributed by atoms with Gasteiger partial charge in [-0.2, -0.15) is 0 Å². The topological polar surface area (TPSA) is 3.24 Å². The third-order valence-corrected chi connectivity index (χ3v) is 9.45. The van der Waals surface area contributed by atoms with Crippen molar-refractivity contribution in [1.29, 1.82) is 0 Å². The number of benzene rings is 5. The summed E-state index contributed by atoms with van der Waals surface area (Å²) < 4.78 is 0. The van der Waals surface area contributed by atoms with Gasteiger partial charge in [0, 0.05) is 19.1 Å². The highest BCUT2D eigenvalue weighted by Gasteiger charge is 2.25. The second-order valence-electron chi connectivity index (χ2n) is 9.50. The summed E-state index contributed by atoms with van der Waals surface area (Å²) in [6, 6.07) is 55.5. The van der Waals surface area contributed by atoms with E-state index in [0.717, 1.165) is 25.7 Å². The fourth-order valence-corrected chi connectivity index (χ4v) is 7.50. The molecule has 0 radical (unpaired) electrons. The van der Waals surface area contributed by atoms with Crippen LogP contribution < -0.4 is 10.6 Å². The fourth-order valence-electron chi connectivity index (χ4n) is 4.93. The van der Waals surface area contributed by atoms with Gasteiger partial charge in [-0.1, -0.05) is 152 Å². The van der Waals surface area contributed by atoms with Crippen molar-refractivity contribution in [3.8, 4) is 0 Å². The zero-order valence-corrected chi connectivity index (χ0v) is 22.1. The maximum Gasteiger partial charge on any atom is 0.0240 e. The molecule has 37 heavy (non-hydrogen) atoms. The van der Waals surface area contributed by atoms with Gasteiger partial charge in [-0.3, -0.25) is 4.90 Å². The summed E-state index contributed by atoms with van der Waals surface area (Å²) in [6.45, 7) is 1.86. The van der Waals surface area contributed by atoms with Crippen LogP contribution >= 0.6 is 7.92 Å². The summed E-state index contributed by atoms with van der Waals surface area (Å²) in [7, 11) is -0.510. The Labute approximate surface area is 223 Å². The number of hydrogen-bond acceptors (Lipinski definition) is 1. The van der Waals surface area contributed by atoms with Crippen molar-refractivity contribution in [2.24, 2.45) is 0 Å². The zero-order valence-electron chi connectivity index (χ0n) is 21.2. The minimum absolute atomic E-state index is 0.384. The average Bonchev–Trinajstić information content (AvgIpc) is 2.97. The van der Waals surface area contributed by atoms with Gasteiger partial charge < -0.3 is 0 Å². The first-order valence-corrected chi connectivity index (χ1v) is 14.6. The predicted molar refractivity (Wildman–Crippen MR) is 160 cm³/mol. The highest BCUT2D eigenvalue weighted by atomic mass is 31.1. The molecule has 0 aliphatic carbocycles. The van der Waals surface area contributed by atoms with Gasteiger partial charge in [0.05, 0.1) is 0 Å². The molecule has 184 valence electrons. The van der Waals surface area contributed by atoms with Crippen LogP contribution in [0.1, 0.15) is 16.7 Å². The Balaban J connectivity index is 1.54. The molecule has 0 spiro atoms. The Morgan fingerprint density at radius 3 is 1.19 bits per heavy atom. The van der Waals surface area contributed by atoms with Crippen molar-refractivity contribution in [2.45, 2.75) is 25.6 Å². The van der Waals surface area contributed by atoms with Gasteiger partial charge in [0.15, 0.2) is 0 Å². The Kier molecular flexibility index (Phi) is 8.94. The first kappa shape index (κ1) is 25.2. The smallest absolute Gasteiger partial charge is 0.0240 e. The van der Waals surface area contributed by atoms with E-state index in [2.05, 4.69) is 157 Å². The molecule has 5 rings (SSSR count). The van der Waals surface area contributed by atoms with Crippen LogP contribution in [0.5, 0.6) is 0 Å². The maximum absolute atomic E-state index is 2.71. The first-order valence-electron chi connectivity index (χ1n) is 13.1. The van der Waals surface area contributed by atoms with E-state index in [1.54, 1.807) is 0 Å². The van der Waals surface area contributed by atoms with Gasteiger partial charge in [-0.05, 0) is 47.8 Å². The summed E-state index contributed by atoms with van der Waals surface area (Å²) in [6.07, 6.45) is 2.14. The lowest BCUT2D eigenvalue weighted by Gasteiger charge is -2.35. The third kappa shape index (κ3) is 7.26. The molecular weight excluding hydrogens is 465 g/mol. The summed E-state index contributed by atoms with van der Waals surface area (Å²) in [5.74, 6) is 0. The number of rotatable bonds is 11. The molecule has 2 heteroatoms. The zero-order chi connectivity index (χ0) is 25.1. The second kappa shape index (κ2) is 13.2. The molecule has 0 aromatic heterocycles. The Morgan fingerprint density at radius 1 is 0.432 bits per heavy atom. The van der Waals surface area contributed by atoms with Crippen molar-refractivity contribution in [2.75, 3.05) is 6.16 Å². The molecular formula is C35H34NP. The van der Waals surface area contributed by atoms with Crippen molar-refractivity contribution in [3.05, 3.63) is 168 Å². The molecule has 5 aromatic rings. The van der Waals surface area contributed by atoms with Crippen LogP contribution in [-0.4, -0.2) is 17.1 Å². The fraction of sp³-hybridized carbons (Fsp3) is 0.143. The van der Waals surface area contributed by atoms with Gasteiger partial charge in [-0.25, -0.2) is 0 Å². The molecule has 1 nitrogen and oxygen atoms in total. The van der Waals surface area contributed by atoms with Crippen LogP contribution in [-0.2, 0) is 19.5 Å². The van der Waals surface area contributed by atoms with Crippen LogP contribution in [0.25, 0.3) is 0 Å². The molecule has 0 aliphatic rings. The highest BCUT2D eigenvalue weighted by Crippen LogP contribution is 2.37. The van der Waals surface area contributed by atoms with Crippen molar-refractivity contribution in [3.63, 3.8) is 0 Å². The average molecular weight is 500 g/mol. The first-order chi connectivity index (χ1) is 18.3. The Bertz CT molecular complexity index is 1230. The van der Waals surface area contributed by atoms with Crippen LogP contribution in [0.3, 0.4) is 0 Å². The van der Waals surface area contributed by atoms with E-state index < -0.39 is 7.92 Å². The van der Waals surface area contributed by atoms with E-state index in [4.69, 9.17) is 0 Å². The molecule has 0 saturated heterocycles. The summed E-state index contributed by atoms with van der Waals surface area (Å²) >= 11 is 0. The van der Waals surface area contributed by atoms with Gasteiger partial charge in [-0.15, -0.1) is 0 Å². The van der Waals surface area contributed by atoms with Crippen LogP contribution in [0, 0.1) is 0 Å². The Hall–Kier alpha value is -3.51. The molecule has 0 aliphatic heterocycles. The molecule has 0 N–H and O–H groups in total. The lowest BCUT2D eigenvalue weighted by atomic mass is 10.0. The molecule has 1 atom stereocenters. The molecule has 5 aromatic carbocycles. The lowest BCUT2D eigenvalue weighted by molar-refractivity contribution is 0.192. The number of hydrogen-bond donors (Lipinski definition) is 0. The molecule has 0 unspecified atom stereocenters. The molecule has 0 bridgehead atoms. The largest absolute Gasteiger partial charge is 0.291 e. The molecule has 0 saturated carbocycles. The van der Waals surface area contributed by atoms with E-state index in [1.807, 2.05) is 0 Å².